The second-order valence-corrected chi connectivity index (χ2v) is 6.28. The highest BCUT2D eigenvalue weighted by molar-refractivity contribution is 6.30. The van der Waals surface area contributed by atoms with Gasteiger partial charge in [0.05, 0.1) is 17.7 Å². The number of carbonyl (C=O) groups excluding carboxylic acids is 1. The third kappa shape index (κ3) is 4.01. The molecule has 0 radical (unpaired) electrons. The lowest BCUT2D eigenvalue weighted by Gasteiger charge is -2.15. The summed E-state index contributed by atoms with van der Waals surface area (Å²) in [7, 11) is 0. The molecular formula is C22H17ClO4. The molecule has 0 fully saturated rings. The summed E-state index contributed by atoms with van der Waals surface area (Å²) in [6.45, 7) is 1.95. The molecule has 0 aliphatic carbocycles. The highest BCUT2D eigenvalue weighted by Gasteiger charge is 2.21. The largest absolute Gasteiger partial charge is 0.478 e. The molecule has 3 aromatic carbocycles. The van der Waals surface area contributed by atoms with Crippen LogP contribution in [-0.2, 0) is 4.74 Å². The highest BCUT2D eigenvalue weighted by atomic mass is 35.5. The van der Waals surface area contributed by atoms with Crippen LogP contribution in [0.15, 0.2) is 66.7 Å². The van der Waals surface area contributed by atoms with Gasteiger partial charge in [0, 0.05) is 5.02 Å². The zero-order valence-electron chi connectivity index (χ0n) is 14.6. The number of carboxylic acid groups (broad SMARTS) is 1. The summed E-state index contributed by atoms with van der Waals surface area (Å²) in [5.74, 6) is -1.59. The van der Waals surface area contributed by atoms with Gasteiger partial charge in [-0.2, -0.15) is 0 Å². The number of hydrogen-bond acceptors (Lipinski definition) is 3. The van der Waals surface area contributed by atoms with Gasteiger partial charge in [-0.05, 0) is 53.4 Å². The minimum atomic E-state index is -1.09. The zero-order chi connectivity index (χ0) is 19.4. The predicted molar refractivity (Wildman–Crippen MR) is 105 cm³/mol. The zero-order valence-corrected chi connectivity index (χ0v) is 15.4. The van der Waals surface area contributed by atoms with Crippen LogP contribution in [0.3, 0.4) is 0 Å². The fraction of sp³-hybridized carbons (Fsp3) is 0.0909. The molecule has 27 heavy (non-hydrogen) atoms. The summed E-state index contributed by atoms with van der Waals surface area (Å²) < 4.78 is 5.19. The van der Waals surface area contributed by atoms with E-state index in [1.807, 2.05) is 30.3 Å². The van der Waals surface area contributed by atoms with Crippen LogP contribution in [0.2, 0.25) is 5.02 Å². The van der Waals surface area contributed by atoms with Crippen molar-refractivity contribution >= 4 is 23.5 Å². The van der Waals surface area contributed by atoms with Crippen LogP contribution in [0.1, 0.15) is 27.6 Å². The van der Waals surface area contributed by atoms with E-state index in [4.69, 9.17) is 16.3 Å². The molecule has 0 saturated heterocycles. The van der Waals surface area contributed by atoms with E-state index in [1.165, 1.54) is 6.07 Å². The van der Waals surface area contributed by atoms with Crippen molar-refractivity contribution in [3.63, 3.8) is 0 Å². The third-order valence-electron chi connectivity index (χ3n) is 4.10. The van der Waals surface area contributed by atoms with E-state index in [0.29, 0.717) is 27.3 Å². The first-order chi connectivity index (χ1) is 13.0. The van der Waals surface area contributed by atoms with Crippen LogP contribution < -0.4 is 0 Å². The molecule has 3 aromatic rings. The van der Waals surface area contributed by atoms with Gasteiger partial charge in [-0.1, -0.05) is 54.1 Å². The van der Waals surface area contributed by atoms with Gasteiger partial charge in [-0.25, -0.2) is 9.59 Å². The Morgan fingerprint density at radius 3 is 2.15 bits per heavy atom. The Labute approximate surface area is 162 Å². The number of aromatic carboxylic acids is 1. The molecule has 0 bridgehead atoms. The van der Waals surface area contributed by atoms with Crippen molar-refractivity contribution in [2.75, 3.05) is 6.61 Å². The van der Waals surface area contributed by atoms with E-state index in [1.54, 1.807) is 37.3 Å². The maximum Gasteiger partial charge on any atom is 0.338 e. The normalized spacial score (nSPS) is 10.4. The lowest BCUT2D eigenvalue weighted by Crippen LogP contribution is -2.10. The number of carboxylic acids is 1. The maximum atomic E-state index is 12.6. The number of rotatable bonds is 5. The molecule has 0 amide bonds. The maximum absolute atomic E-state index is 12.6. The number of carbonyl (C=O) groups is 2. The Kier molecular flexibility index (Phi) is 5.57. The van der Waals surface area contributed by atoms with Gasteiger partial charge in [-0.3, -0.25) is 0 Å². The quantitative estimate of drug-likeness (QED) is 0.589. The molecule has 0 aromatic heterocycles. The number of benzene rings is 3. The summed E-state index contributed by atoms with van der Waals surface area (Å²) in [5, 5.41) is 10.2. The molecule has 136 valence electrons. The highest BCUT2D eigenvalue weighted by Crippen LogP contribution is 2.34. The topological polar surface area (TPSA) is 63.6 Å². The molecule has 0 aliphatic rings. The summed E-state index contributed by atoms with van der Waals surface area (Å²) in [5.41, 5.74) is 2.67. The second kappa shape index (κ2) is 8.06. The fourth-order valence-corrected chi connectivity index (χ4v) is 3.10. The summed E-state index contributed by atoms with van der Waals surface area (Å²) in [6, 6.07) is 19.1. The van der Waals surface area contributed by atoms with Crippen molar-refractivity contribution in [1.29, 1.82) is 0 Å². The molecule has 4 nitrogen and oxygen atoms in total. The van der Waals surface area contributed by atoms with E-state index in [-0.39, 0.29) is 12.2 Å². The monoisotopic (exact) mass is 380 g/mol. The number of ether oxygens (including phenoxy) is 1. The van der Waals surface area contributed by atoms with Crippen molar-refractivity contribution < 1.29 is 19.4 Å². The SMILES string of the molecule is CCOC(=O)c1cc(-c2cccc(Cl)c2)c(C(=O)O)cc1-c1ccccc1. The summed E-state index contributed by atoms with van der Waals surface area (Å²) in [6.07, 6.45) is 0. The van der Waals surface area contributed by atoms with Crippen molar-refractivity contribution in [1.82, 2.24) is 0 Å². The van der Waals surface area contributed by atoms with E-state index in [9.17, 15) is 14.7 Å². The van der Waals surface area contributed by atoms with E-state index in [0.717, 1.165) is 5.56 Å². The third-order valence-corrected chi connectivity index (χ3v) is 4.34. The second-order valence-electron chi connectivity index (χ2n) is 5.85. The Hall–Kier alpha value is -3.11. The summed E-state index contributed by atoms with van der Waals surface area (Å²) >= 11 is 6.07. The molecule has 5 heteroatoms. The van der Waals surface area contributed by atoms with E-state index < -0.39 is 11.9 Å². The van der Waals surface area contributed by atoms with Crippen molar-refractivity contribution in [2.24, 2.45) is 0 Å². The first-order valence-corrected chi connectivity index (χ1v) is 8.79. The van der Waals surface area contributed by atoms with Gasteiger partial charge in [0.1, 0.15) is 0 Å². The molecule has 1 N–H and O–H groups in total. The van der Waals surface area contributed by atoms with Crippen LogP contribution in [0.25, 0.3) is 22.3 Å². The first kappa shape index (κ1) is 18.7. The average Bonchev–Trinajstić information content (AvgIpc) is 2.67. The molecule has 0 unspecified atom stereocenters. The van der Waals surface area contributed by atoms with Crippen LogP contribution in [0.4, 0.5) is 0 Å². The van der Waals surface area contributed by atoms with Crippen molar-refractivity contribution in [3.05, 3.63) is 82.9 Å². The molecule has 0 heterocycles. The van der Waals surface area contributed by atoms with E-state index >= 15 is 0 Å². The molecular weight excluding hydrogens is 364 g/mol. The average molecular weight is 381 g/mol. The number of halogens is 1. The minimum absolute atomic E-state index is 0.0872. The Morgan fingerprint density at radius 2 is 1.52 bits per heavy atom. The van der Waals surface area contributed by atoms with Crippen molar-refractivity contribution in [3.8, 4) is 22.3 Å². The Balaban J connectivity index is 2.30. The standard InChI is InChI=1S/C22H17ClO4/c1-2-27-22(26)20-13-18(15-9-6-10-16(23)11-15)19(21(24)25)12-17(20)14-7-4-3-5-8-14/h3-13H,2H2,1H3,(H,24,25). The fourth-order valence-electron chi connectivity index (χ4n) is 2.91. The summed E-state index contributed by atoms with van der Waals surface area (Å²) in [4.78, 5) is 24.5. The molecule has 0 spiro atoms. The van der Waals surface area contributed by atoms with Gasteiger partial charge in [0.25, 0.3) is 0 Å². The van der Waals surface area contributed by atoms with Gasteiger partial charge in [-0.15, -0.1) is 0 Å². The van der Waals surface area contributed by atoms with Crippen molar-refractivity contribution in [2.45, 2.75) is 6.92 Å². The van der Waals surface area contributed by atoms with Crippen LogP contribution in [-0.4, -0.2) is 23.7 Å². The van der Waals surface area contributed by atoms with Gasteiger partial charge in [0.15, 0.2) is 0 Å². The van der Waals surface area contributed by atoms with Gasteiger partial charge in [0.2, 0.25) is 0 Å². The first-order valence-electron chi connectivity index (χ1n) is 8.41. The smallest absolute Gasteiger partial charge is 0.338 e. The number of esters is 1. The molecule has 0 atom stereocenters. The van der Waals surface area contributed by atoms with Crippen LogP contribution >= 0.6 is 11.6 Å². The van der Waals surface area contributed by atoms with Crippen LogP contribution in [0.5, 0.6) is 0 Å². The predicted octanol–water partition coefficient (Wildman–Crippen LogP) is 5.55. The Morgan fingerprint density at radius 1 is 0.889 bits per heavy atom. The molecule has 0 aliphatic heterocycles. The lowest BCUT2D eigenvalue weighted by molar-refractivity contribution is 0.0526. The van der Waals surface area contributed by atoms with Crippen LogP contribution in [0, 0.1) is 0 Å². The molecule has 3 rings (SSSR count). The number of hydrogen-bond donors (Lipinski definition) is 1. The van der Waals surface area contributed by atoms with Gasteiger partial charge >= 0.3 is 11.9 Å². The minimum Gasteiger partial charge on any atom is -0.478 e. The lowest BCUT2D eigenvalue weighted by atomic mass is 9.90. The van der Waals surface area contributed by atoms with Gasteiger partial charge < -0.3 is 9.84 Å². The Bertz CT molecular complexity index is 996. The molecule has 0 saturated carbocycles. The van der Waals surface area contributed by atoms with E-state index in [2.05, 4.69) is 0 Å².